The lowest BCUT2D eigenvalue weighted by atomic mass is 10.1. The van der Waals surface area contributed by atoms with Gasteiger partial charge in [-0.15, -0.1) is 12.4 Å². The van der Waals surface area contributed by atoms with Crippen molar-refractivity contribution in [3.05, 3.63) is 29.8 Å². The SMILES string of the molecule is CCOC(=O)CCc1ccc(NC(=O)[C@H]2NCCO[C@@H]2C)cc1.Cl. The normalized spacial score (nSPS) is 19.9. The van der Waals surface area contributed by atoms with Crippen molar-refractivity contribution in [3.63, 3.8) is 0 Å². The molecule has 0 saturated carbocycles. The molecular weight excluding hydrogens is 332 g/mol. The molecule has 7 heteroatoms. The number of morpholine rings is 1. The van der Waals surface area contributed by atoms with Gasteiger partial charge < -0.3 is 20.1 Å². The van der Waals surface area contributed by atoms with Gasteiger partial charge in [0.1, 0.15) is 6.04 Å². The van der Waals surface area contributed by atoms with Crippen LogP contribution in [0.2, 0.25) is 0 Å². The van der Waals surface area contributed by atoms with Crippen LogP contribution in [0.1, 0.15) is 25.8 Å². The van der Waals surface area contributed by atoms with Gasteiger partial charge in [-0.05, 0) is 38.0 Å². The van der Waals surface area contributed by atoms with E-state index in [2.05, 4.69) is 10.6 Å². The molecule has 2 N–H and O–H groups in total. The number of carbonyl (C=O) groups excluding carboxylic acids is 2. The maximum absolute atomic E-state index is 12.2. The number of halogens is 1. The molecule has 1 saturated heterocycles. The van der Waals surface area contributed by atoms with Crippen LogP contribution in [0.25, 0.3) is 0 Å². The highest BCUT2D eigenvalue weighted by Crippen LogP contribution is 2.13. The summed E-state index contributed by atoms with van der Waals surface area (Å²) in [6, 6.07) is 7.15. The predicted octanol–water partition coefficient (Wildman–Crippen LogP) is 1.92. The molecule has 0 aliphatic carbocycles. The van der Waals surface area contributed by atoms with Gasteiger partial charge in [0, 0.05) is 18.7 Å². The number of anilines is 1. The molecule has 1 aromatic rings. The third kappa shape index (κ3) is 6.11. The highest BCUT2D eigenvalue weighted by atomic mass is 35.5. The number of rotatable bonds is 6. The number of carbonyl (C=O) groups is 2. The van der Waals surface area contributed by atoms with E-state index in [9.17, 15) is 9.59 Å². The Bertz CT molecular complexity index is 536. The van der Waals surface area contributed by atoms with E-state index in [1.807, 2.05) is 31.2 Å². The highest BCUT2D eigenvalue weighted by Gasteiger charge is 2.28. The van der Waals surface area contributed by atoms with Crippen LogP contribution in [0.4, 0.5) is 5.69 Å². The van der Waals surface area contributed by atoms with Crippen molar-refractivity contribution < 1.29 is 19.1 Å². The van der Waals surface area contributed by atoms with Crippen LogP contribution in [0.3, 0.4) is 0 Å². The molecule has 0 spiro atoms. The van der Waals surface area contributed by atoms with Crippen molar-refractivity contribution in [1.29, 1.82) is 0 Å². The Morgan fingerprint density at radius 3 is 2.67 bits per heavy atom. The van der Waals surface area contributed by atoms with Crippen LogP contribution in [-0.4, -0.2) is 43.8 Å². The van der Waals surface area contributed by atoms with E-state index in [0.29, 0.717) is 32.6 Å². The van der Waals surface area contributed by atoms with Crippen LogP contribution >= 0.6 is 12.4 Å². The van der Waals surface area contributed by atoms with Crippen molar-refractivity contribution in [3.8, 4) is 0 Å². The third-order valence-corrected chi connectivity index (χ3v) is 3.74. The fourth-order valence-electron chi connectivity index (χ4n) is 2.48. The molecule has 1 amide bonds. The fourth-order valence-corrected chi connectivity index (χ4v) is 2.48. The summed E-state index contributed by atoms with van der Waals surface area (Å²) >= 11 is 0. The smallest absolute Gasteiger partial charge is 0.306 e. The molecule has 1 aliphatic heterocycles. The summed E-state index contributed by atoms with van der Waals surface area (Å²) in [6.07, 6.45) is 0.843. The van der Waals surface area contributed by atoms with Crippen LogP contribution in [0.5, 0.6) is 0 Å². The Morgan fingerprint density at radius 1 is 1.33 bits per heavy atom. The average Bonchev–Trinajstić information content (AvgIpc) is 2.55. The fraction of sp³-hybridized carbons (Fsp3) is 0.529. The minimum atomic E-state index is -0.341. The van der Waals surface area contributed by atoms with E-state index < -0.39 is 0 Å². The van der Waals surface area contributed by atoms with E-state index in [1.165, 1.54) is 0 Å². The maximum Gasteiger partial charge on any atom is 0.306 e. The lowest BCUT2D eigenvalue weighted by molar-refractivity contribution is -0.143. The predicted molar refractivity (Wildman–Crippen MR) is 94.5 cm³/mol. The quantitative estimate of drug-likeness (QED) is 0.761. The summed E-state index contributed by atoms with van der Waals surface area (Å²) in [7, 11) is 0. The van der Waals surface area contributed by atoms with Crippen molar-refractivity contribution >= 4 is 30.0 Å². The lowest BCUT2D eigenvalue weighted by Gasteiger charge is -2.29. The molecule has 134 valence electrons. The van der Waals surface area contributed by atoms with E-state index in [1.54, 1.807) is 6.92 Å². The number of hydrogen-bond donors (Lipinski definition) is 2. The zero-order chi connectivity index (χ0) is 16.7. The number of benzene rings is 1. The highest BCUT2D eigenvalue weighted by molar-refractivity contribution is 5.95. The van der Waals surface area contributed by atoms with E-state index in [-0.39, 0.29) is 36.4 Å². The summed E-state index contributed by atoms with van der Waals surface area (Å²) in [5.41, 5.74) is 1.76. The average molecular weight is 357 g/mol. The minimum absolute atomic E-state index is 0. The summed E-state index contributed by atoms with van der Waals surface area (Å²) in [5.74, 6) is -0.293. The van der Waals surface area contributed by atoms with Gasteiger partial charge in [-0.25, -0.2) is 0 Å². The lowest BCUT2D eigenvalue weighted by Crippen LogP contribution is -2.53. The van der Waals surface area contributed by atoms with Crippen LogP contribution < -0.4 is 10.6 Å². The van der Waals surface area contributed by atoms with Crippen molar-refractivity contribution in [2.24, 2.45) is 0 Å². The van der Waals surface area contributed by atoms with Gasteiger partial charge in [-0.3, -0.25) is 9.59 Å². The maximum atomic E-state index is 12.2. The summed E-state index contributed by atoms with van der Waals surface area (Å²) in [4.78, 5) is 23.6. The van der Waals surface area contributed by atoms with E-state index in [0.717, 1.165) is 11.3 Å². The first-order valence-corrected chi connectivity index (χ1v) is 8.00. The first kappa shape index (κ1) is 20.4. The zero-order valence-electron chi connectivity index (χ0n) is 14.0. The standard InChI is InChI=1S/C17H24N2O4.ClH/c1-3-22-15(20)9-6-13-4-7-14(8-5-13)19-17(21)16-12(2)23-11-10-18-16;/h4-5,7-8,12,16,18H,3,6,9-11H2,1-2H3,(H,19,21);1H/t12-,16+;/m1./s1. The Balaban J connectivity index is 0.00000288. The Morgan fingerprint density at radius 2 is 2.04 bits per heavy atom. The molecule has 0 aromatic heterocycles. The van der Waals surface area contributed by atoms with Gasteiger partial charge in [0.25, 0.3) is 0 Å². The molecular formula is C17H25ClN2O4. The molecule has 1 aliphatic rings. The Hall–Kier alpha value is -1.63. The molecule has 0 unspecified atom stereocenters. The van der Waals surface area contributed by atoms with E-state index >= 15 is 0 Å². The van der Waals surface area contributed by atoms with Gasteiger partial charge in [0.05, 0.1) is 19.3 Å². The van der Waals surface area contributed by atoms with Gasteiger partial charge >= 0.3 is 5.97 Å². The van der Waals surface area contributed by atoms with E-state index in [4.69, 9.17) is 9.47 Å². The number of aryl methyl sites for hydroxylation is 1. The van der Waals surface area contributed by atoms with Crippen LogP contribution in [0.15, 0.2) is 24.3 Å². The summed E-state index contributed by atoms with van der Waals surface area (Å²) in [6.45, 7) is 5.38. The first-order valence-electron chi connectivity index (χ1n) is 8.00. The third-order valence-electron chi connectivity index (χ3n) is 3.74. The van der Waals surface area contributed by atoms with Crippen molar-refractivity contribution in [1.82, 2.24) is 5.32 Å². The number of esters is 1. The molecule has 1 aromatic carbocycles. The van der Waals surface area contributed by atoms with Gasteiger partial charge in [-0.2, -0.15) is 0 Å². The first-order chi connectivity index (χ1) is 11.1. The molecule has 2 atom stereocenters. The number of amides is 1. The topological polar surface area (TPSA) is 76.7 Å². The second kappa shape index (κ2) is 10.3. The summed E-state index contributed by atoms with van der Waals surface area (Å²) in [5, 5.41) is 6.04. The van der Waals surface area contributed by atoms with Crippen molar-refractivity contribution in [2.45, 2.75) is 38.8 Å². The molecule has 1 fully saturated rings. The van der Waals surface area contributed by atoms with Crippen LogP contribution in [-0.2, 0) is 25.5 Å². The van der Waals surface area contributed by atoms with Gasteiger partial charge in [0.2, 0.25) is 5.91 Å². The zero-order valence-corrected chi connectivity index (χ0v) is 14.9. The van der Waals surface area contributed by atoms with Gasteiger partial charge in [-0.1, -0.05) is 12.1 Å². The van der Waals surface area contributed by atoms with Crippen molar-refractivity contribution in [2.75, 3.05) is 25.1 Å². The number of ether oxygens (including phenoxy) is 2. The summed E-state index contributed by atoms with van der Waals surface area (Å²) < 4.78 is 10.4. The van der Waals surface area contributed by atoms with Gasteiger partial charge in [0.15, 0.2) is 0 Å². The van der Waals surface area contributed by atoms with Crippen LogP contribution in [0, 0.1) is 0 Å². The second-order valence-corrected chi connectivity index (χ2v) is 5.50. The molecule has 2 rings (SSSR count). The molecule has 0 bridgehead atoms. The monoisotopic (exact) mass is 356 g/mol. The number of hydrogen-bond acceptors (Lipinski definition) is 5. The molecule has 1 heterocycles. The molecule has 6 nitrogen and oxygen atoms in total. The number of nitrogens with one attached hydrogen (secondary N) is 2. The minimum Gasteiger partial charge on any atom is -0.466 e. The largest absolute Gasteiger partial charge is 0.466 e. The molecule has 24 heavy (non-hydrogen) atoms. The Kier molecular flexibility index (Phi) is 8.74. The molecule has 0 radical (unpaired) electrons. The second-order valence-electron chi connectivity index (χ2n) is 5.50. The Labute approximate surface area is 148 Å².